The molecule has 1 aliphatic rings. The van der Waals surface area contributed by atoms with Gasteiger partial charge in [-0.2, -0.15) is 0 Å². The first-order valence-corrected chi connectivity index (χ1v) is 9.75. The second-order valence-electron chi connectivity index (χ2n) is 6.75. The number of hydrogen-bond acceptors (Lipinski definition) is 5. The maximum absolute atomic E-state index is 11.6. The number of hydrogen-bond donors (Lipinski definition) is 3. The molecule has 3 aromatic rings. The molecule has 4 N–H and O–H groups in total. The minimum absolute atomic E-state index is 0.341. The van der Waals surface area contributed by atoms with Crippen LogP contribution >= 0.6 is 0 Å². The summed E-state index contributed by atoms with van der Waals surface area (Å²) in [5.74, 6) is 1.04. The number of aromatic nitrogens is 2. The number of rotatable bonds is 4. The first-order valence-electron chi connectivity index (χ1n) is 9.75. The molecule has 1 saturated heterocycles. The monoisotopic (exact) mass is 377 g/mol. The Kier molecular flexibility index (Phi) is 6.92. The Morgan fingerprint density at radius 3 is 2.43 bits per heavy atom. The van der Waals surface area contributed by atoms with Crippen LogP contribution in [0.1, 0.15) is 35.9 Å². The lowest BCUT2D eigenvalue weighted by Gasteiger charge is -2.25. The molecule has 0 aliphatic carbocycles. The summed E-state index contributed by atoms with van der Waals surface area (Å²) in [6.07, 6.45) is 2.96. The van der Waals surface area contributed by atoms with Crippen LogP contribution in [0.3, 0.4) is 0 Å². The van der Waals surface area contributed by atoms with Crippen molar-refractivity contribution in [3.05, 3.63) is 66.0 Å². The van der Waals surface area contributed by atoms with Crippen molar-refractivity contribution in [3.8, 4) is 0 Å². The number of aryl methyl sites for hydroxylation is 1. The Labute approximate surface area is 165 Å². The lowest BCUT2D eigenvalue weighted by molar-refractivity contribution is 0.100. The molecular weight excluding hydrogens is 350 g/mol. The predicted octanol–water partition coefficient (Wildman–Crippen LogP) is 3.14. The predicted molar refractivity (Wildman–Crippen MR) is 113 cm³/mol. The number of primary amides is 1. The first-order chi connectivity index (χ1) is 13.7. The maximum atomic E-state index is 11.6. The highest BCUT2D eigenvalue weighted by Crippen LogP contribution is 2.25. The van der Waals surface area contributed by atoms with Gasteiger partial charge in [-0.3, -0.25) is 4.79 Å². The molecule has 4 rings (SSSR count). The molecule has 1 aliphatic heterocycles. The fraction of sp³-hybridized carbons (Fsp3) is 0.318. The van der Waals surface area contributed by atoms with Gasteiger partial charge in [0.15, 0.2) is 0 Å². The largest absolute Gasteiger partial charge is 0.366 e. The van der Waals surface area contributed by atoms with E-state index in [2.05, 4.69) is 20.6 Å². The third-order valence-electron chi connectivity index (χ3n) is 4.66. The molecule has 146 valence electrons. The highest BCUT2D eigenvalue weighted by atomic mass is 16.1. The van der Waals surface area contributed by atoms with Gasteiger partial charge < -0.3 is 16.4 Å². The van der Waals surface area contributed by atoms with Gasteiger partial charge in [0.05, 0.1) is 11.1 Å². The van der Waals surface area contributed by atoms with Crippen molar-refractivity contribution in [2.24, 2.45) is 5.73 Å². The van der Waals surface area contributed by atoms with E-state index in [0.717, 1.165) is 37.1 Å². The summed E-state index contributed by atoms with van der Waals surface area (Å²) in [5.41, 5.74) is 6.55. The number of nitrogens with one attached hydrogen (secondary N) is 2. The normalized spacial score (nSPS) is 16.1. The van der Waals surface area contributed by atoms with Crippen molar-refractivity contribution in [3.63, 3.8) is 0 Å². The van der Waals surface area contributed by atoms with Crippen LogP contribution < -0.4 is 16.4 Å². The van der Waals surface area contributed by atoms with Gasteiger partial charge in [-0.25, -0.2) is 9.97 Å². The van der Waals surface area contributed by atoms with Crippen molar-refractivity contribution in [2.75, 3.05) is 18.4 Å². The summed E-state index contributed by atoms with van der Waals surface area (Å²) in [6.45, 7) is 3.98. The van der Waals surface area contributed by atoms with E-state index in [-0.39, 0.29) is 0 Å². The van der Waals surface area contributed by atoms with E-state index in [4.69, 9.17) is 5.73 Å². The number of nitrogens with zero attached hydrogens (tertiary/aromatic N) is 2. The Balaban J connectivity index is 0.000000320. The number of piperidine rings is 1. The standard InChI is InChI=1S/C16H21N5O.C6H6/c1-2-13-20-14-11(15(17)22)6-3-7-12(14)16(21-13)19-10-5-4-8-18-9-10;1-2-4-6-5-3-1/h3,6-7,10,18H,2,4-5,8-9H2,1H3,(H2,17,22)(H,19,20,21);1-6H. The summed E-state index contributed by atoms with van der Waals surface area (Å²) < 4.78 is 0. The summed E-state index contributed by atoms with van der Waals surface area (Å²) >= 11 is 0. The third-order valence-corrected chi connectivity index (χ3v) is 4.66. The van der Waals surface area contributed by atoms with E-state index in [9.17, 15) is 4.79 Å². The summed E-state index contributed by atoms with van der Waals surface area (Å²) in [5, 5.41) is 7.73. The number of amides is 1. The molecule has 2 heterocycles. The molecule has 0 spiro atoms. The second kappa shape index (κ2) is 9.80. The lowest BCUT2D eigenvalue weighted by Crippen LogP contribution is -2.38. The molecule has 1 fully saturated rings. The van der Waals surface area contributed by atoms with Crippen LogP contribution in [-0.2, 0) is 6.42 Å². The van der Waals surface area contributed by atoms with Gasteiger partial charge in [0.2, 0.25) is 0 Å². The number of carbonyl (C=O) groups is 1. The number of carbonyl (C=O) groups excluding carboxylic acids is 1. The van der Waals surface area contributed by atoms with Gasteiger partial charge in [0.1, 0.15) is 11.6 Å². The van der Waals surface area contributed by atoms with Crippen LogP contribution in [0.15, 0.2) is 54.6 Å². The minimum atomic E-state index is -0.461. The molecule has 0 saturated carbocycles. The summed E-state index contributed by atoms with van der Waals surface area (Å²) in [4.78, 5) is 20.8. The Bertz CT molecular complexity index is 881. The molecule has 2 aromatic carbocycles. The molecule has 1 atom stereocenters. The Hall–Kier alpha value is -2.99. The molecule has 28 heavy (non-hydrogen) atoms. The van der Waals surface area contributed by atoms with Gasteiger partial charge in [0.25, 0.3) is 5.91 Å². The van der Waals surface area contributed by atoms with Crippen LogP contribution in [0.25, 0.3) is 10.9 Å². The van der Waals surface area contributed by atoms with Crippen LogP contribution in [-0.4, -0.2) is 35.0 Å². The molecule has 0 bridgehead atoms. The van der Waals surface area contributed by atoms with E-state index >= 15 is 0 Å². The topological polar surface area (TPSA) is 92.9 Å². The molecular formula is C22H27N5O. The zero-order chi connectivity index (χ0) is 19.8. The van der Waals surface area contributed by atoms with E-state index in [0.29, 0.717) is 29.4 Å². The van der Waals surface area contributed by atoms with Crippen LogP contribution in [0.2, 0.25) is 0 Å². The Morgan fingerprint density at radius 2 is 1.86 bits per heavy atom. The highest BCUT2D eigenvalue weighted by Gasteiger charge is 2.17. The van der Waals surface area contributed by atoms with Gasteiger partial charge in [0, 0.05) is 24.4 Å². The van der Waals surface area contributed by atoms with Crippen LogP contribution in [0.4, 0.5) is 5.82 Å². The van der Waals surface area contributed by atoms with Crippen molar-refractivity contribution >= 4 is 22.6 Å². The smallest absolute Gasteiger partial charge is 0.250 e. The van der Waals surface area contributed by atoms with Crippen LogP contribution in [0, 0.1) is 0 Å². The fourth-order valence-corrected chi connectivity index (χ4v) is 3.22. The zero-order valence-electron chi connectivity index (χ0n) is 16.2. The van der Waals surface area contributed by atoms with Crippen molar-refractivity contribution in [2.45, 2.75) is 32.2 Å². The molecule has 6 nitrogen and oxygen atoms in total. The molecule has 6 heteroatoms. The van der Waals surface area contributed by atoms with Gasteiger partial charge >= 0.3 is 0 Å². The fourth-order valence-electron chi connectivity index (χ4n) is 3.22. The minimum Gasteiger partial charge on any atom is -0.366 e. The Morgan fingerprint density at radius 1 is 1.14 bits per heavy atom. The molecule has 1 aromatic heterocycles. The van der Waals surface area contributed by atoms with Gasteiger partial charge in [-0.1, -0.05) is 49.4 Å². The van der Waals surface area contributed by atoms with E-state index in [1.807, 2.05) is 55.5 Å². The molecule has 0 radical (unpaired) electrons. The second-order valence-corrected chi connectivity index (χ2v) is 6.75. The zero-order valence-corrected chi connectivity index (χ0v) is 16.2. The number of fused-ring (bicyclic) bond motifs is 1. The van der Waals surface area contributed by atoms with Gasteiger partial charge in [-0.15, -0.1) is 0 Å². The van der Waals surface area contributed by atoms with E-state index in [1.54, 1.807) is 6.07 Å². The highest BCUT2D eigenvalue weighted by molar-refractivity contribution is 6.07. The summed E-state index contributed by atoms with van der Waals surface area (Å²) in [7, 11) is 0. The number of benzene rings is 2. The average Bonchev–Trinajstić information content (AvgIpc) is 2.75. The quantitative estimate of drug-likeness (QED) is 0.649. The average molecular weight is 377 g/mol. The van der Waals surface area contributed by atoms with Crippen LogP contribution in [0.5, 0.6) is 0 Å². The first kappa shape index (κ1) is 19.8. The number of anilines is 1. The molecule has 1 unspecified atom stereocenters. The van der Waals surface area contributed by atoms with Crippen molar-refractivity contribution in [1.82, 2.24) is 15.3 Å². The number of para-hydroxylation sites is 1. The van der Waals surface area contributed by atoms with E-state index in [1.165, 1.54) is 0 Å². The number of nitrogens with two attached hydrogens (primary N) is 1. The third kappa shape index (κ3) is 5.04. The lowest BCUT2D eigenvalue weighted by atomic mass is 10.1. The van der Waals surface area contributed by atoms with Gasteiger partial charge in [-0.05, 0) is 31.5 Å². The van der Waals surface area contributed by atoms with Crippen molar-refractivity contribution in [1.29, 1.82) is 0 Å². The maximum Gasteiger partial charge on any atom is 0.250 e. The SMILES string of the molecule is CCc1nc(NC2CCCNC2)c2cccc(C(N)=O)c2n1.c1ccccc1. The molecule has 1 amide bonds. The van der Waals surface area contributed by atoms with Crippen molar-refractivity contribution < 1.29 is 4.79 Å². The summed E-state index contributed by atoms with van der Waals surface area (Å²) in [6, 6.07) is 17.8. The van der Waals surface area contributed by atoms with E-state index < -0.39 is 5.91 Å².